The van der Waals surface area contributed by atoms with Gasteiger partial charge in [-0.15, -0.1) is 0 Å². The van der Waals surface area contributed by atoms with Crippen LogP contribution in [0.25, 0.3) is 0 Å². The lowest BCUT2D eigenvalue weighted by atomic mass is 10.0. The molecule has 1 saturated heterocycles. The molecule has 1 aliphatic heterocycles. The summed E-state index contributed by atoms with van der Waals surface area (Å²) in [6.45, 7) is 0.960. The smallest absolute Gasteiger partial charge is 0.269 e. The Hall–Kier alpha value is -1.46. The van der Waals surface area contributed by atoms with Crippen LogP contribution in [0, 0.1) is 10.1 Å². The molecule has 5 nitrogen and oxygen atoms in total. The summed E-state index contributed by atoms with van der Waals surface area (Å²) in [4.78, 5) is 10.1. The first-order chi connectivity index (χ1) is 8.16. The minimum Gasteiger partial charge on any atom is -0.391 e. The maximum Gasteiger partial charge on any atom is 0.269 e. The van der Waals surface area contributed by atoms with E-state index in [1.54, 1.807) is 12.1 Å². The van der Waals surface area contributed by atoms with Crippen LogP contribution in [0.15, 0.2) is 24.3 Å². The molecule has 1 fully saturated rings. The van der Waals surface area contributed by atoms with E-state index in [-0.39, 0.29) is 11.7 Å². The molecule has 0 bridgehead atoms. The quantitative estimate of drug-likeness (QED) is 0.609. The van der Waals surface area contributed by atoms with Crippen LogP contribution in [0.1, 0.15) is 18.4 Å². The number of nitrogens with zero attached hydrogens (tertiary/aromatic N) is 1. The molecule has 1 heterocycles. The fourth-order valence-corrected chi connectivity index (χ4v) is 2.18. The normalized spacial score (nSPS) is 21.4. The summed E-state index contributed by atoms with van der Waals surface area (Å²) in [5.74, 6) is 0. The maximum atomic E-state index is 10.5. The van der Waals surface area contributed by atoms with Crippen LogP contribution < -0.4 is 5.32 Å². The van der Waals surface area contributed by atoms with Crippen LogP contribution >= 0.6 is 0 Å². The molecule has 0 amide bonds. The average Bonchev–Trinajstić information content (AvgIpc) is 2.83. The number of nitrogens with one attached hydrogen (secondary N) is 1. The van der Waals surface area contributed by atoms with Gasteiger partial charge in [0.2, 0.25) is 0 Å². The van der Waals surface area contributed by atoms with Gasteiger partial charge < -0.3 is 10.4 Å². The lowest BCUT2D eigenvalue weighted by Gasteiger charge is -2.18. The van der Waals surface area contributed by atoms with Crippen molar-refractivity contribution in [3.05, 3.63) is 39.9 Å². The summed E-state index contributed by atoms with van der Waals surface area (Å²) in [5, 5.41) is 23.7. The van der Waals surface area contributed by atoms with Gasteiger partial charge in [0.1, 0.15) is 0 Å². The summed E-state index contributed by atoms with van der Waals surface area (Å²) in [6.07, 6.45) is 2.21. The molecule has 0 saturated carbocycles. The van der Waals surface area contributed by atoms with E-state index in [0.29, 0.717) is 6.42 Å². The molecule has 0 radical (unpaired) electrons. The first kappa shape index (κ1) is 12.0. The molecule has 1 aromatic rings. The lowest BCUT2D eigenvalue weighted by Crippen LogP contribution is -2.36. The van der Waals surface area contributed by atoms with Crippen LogP contribution in [0.2, 0.25) is 0 Å². The van der Waals surface area contributed by atoms with Crippen molar-refractivity contribution in [2.45, 2.75) is 31.4 Å². The second kappa shape index (κ2) is 5.25. The minimum absolute atomic E-state index is 0.0854. The Morgan fingerprint density at radius 3 is 2.71 bits per heavy atom. The number of non-ortho nitro benzene ring substituents is 1. The summed E-state index contributed by atoms with van der Waals surface area (Å²) < 4.78 is 0. The number of aliphatic hydroxyl groups is 1. The molecule has 2 atom stereocenters. The van der Waals surface area contributed by atoms with E-state index >= 15 is 0 Å². The topological polar surface area (TPSA) is 75.4 Å². The number of rotatable bonds is 4. The van der Waals surface area contributed by atoms with Crippen molar-refractivity contribution in [3.8, 4) is 0 Å². The molecule has 1 aliphatic rings. The Bertz CT molecular complexity index is 385. The second-order valence-corrected chi connectivity index (χ2v) is 4.40. The summed E-state index contributed by atoms with van der Waals surface area (Å²) in [6, 6.07) is 6.52. The van der Waals surface area contributed by atoms with Gasteiger partial charge >= 0.3 is 0 Å². The van der Waals surface area contributed by atoms with Crippen molar-refractivity contribution >= 4 is 5.69 Å². The zero-order chi connectivity index (χ0) is 12.3. The van der Waals surface area contributed by atoms with E-state index < -0.39 is 11.0 Å². The molecule has 17 heavy (non-hydrogen) atoms. The van der Waals surface area contributed by atoms with Gasteiger partial charge in [-0.1, -0.05) is 12.1 Å². The fraction of sp³-hybridized carbons (Fsp3) is 0.500. The Morgan fingerprint density at radius 2 is 2.18 bits per heavy atom. The highest BCUT2D eigenvalue weighted by Gasteiger charge is 2.22. The zero-order valence-electron chi connectivity index (χ0n) is 9.50. The number of hydrogen-bond donors (Lipinski definition) is 2. The van der Waals surface area contributed by atoms with Gasteiger partial charge in [-0.2, -0.15) is 0 Å². The zero-order valence-corrected chi connectivity index (χ0v) is 9.50. The van der Waals surface area contributed by atoms with Crippen molar-refractivity contribution in [2.75, 3.05) is 6.54 Å². The van der Waals surface area contributed by atoms with Crippen LogP contribution in [0.3, 0.4) is 0 Å². The molecule has 0 aromatic heterocycles. The van der Waals surface area contributed by atoms with Gasteiger partial charge in [0, 0.05) is 18.2 Å². The van der Waals surface area contributed by atoms with Crippen LogP contribution in [0.5, 0.6) is 0 Å². The highest BCUT2D eigenvalue weighted by atomic mass is 16.6. The van der Waals surface area contributed by atoms with Crippen molar-refractivity contribution in [3.63, 3.8) is 0 Å². The van der Waals surface area contributed by atoms with Crippen molar-refractivity contribution in [2.24, 2.45) is 0 Å². The SMILES string of the molecule is O=[N+]([O-])c1ccc(CC(O)[C@@H]2CCCN2)cc1. The van der Waals surface area contributed by atoms with Gasteiger partial charge in [0.15, 0.2) is 0 Å². The van der Waals surface area contributed by atoms with E-state index in [1.807, 2.05) is 0 Å². The summed E-state index contributed by atoms with van der Waals surface area (Å²) >= 11 is 0. The minimum atomic E-state index is -0.418. The Morgan fingerprint density at radius 1 is 1.47 bits per heavy atom. The molecule has 2 N–H and O–H groups in total. The third-order valence-electron chi connectivity index (χ3n) is 3.15. The number of benzene rings is 1. The molecule has 2 rings (SSSR count). The number of aliphatic hydroxyl groups excluding tert-OH is 1. The van der Waals surface area contributed by atoms with Crippen molar-refractivity contribution in [1.29, 1.82) is 0 Å². The third kappa shape index (κ3) is 3.01. The maximum absolute atomic E-state index is 10.5. The number of nitro groups is 1. The van der Waals surface area contributed by atoms with Gasteiger partial charge in [-0.05, 0) is 31.4 Å². The van der Waals surface area contributed by atoms with Gasteiger partial charge in [0.05, 0.1) is 11.0 Å². The molecule has 1 unspecified atom stereocenters. The van der Waals surface area contributed by atoms with Gasteiger partial charge in [0.25, 0.3) is 5.69 Å². The number of hydrogen-bond acceptors (Lipinski definition) is 4. The highest BCUT2D eigenvalue weighted by Crippen LogP contribution is 2.16. The molecular formula is C12H16N2O3. The Balaban J connectivity index is 1.96. The van der Waals surface area contributed by atoms with Crippen LogP contribution in [0.4, 0.5) is 5.69 Å². The van der Waals surface area contributed by atoms with E-state index in [9.17, 15) is 15.2 Å². The predicted octanol–water partition coefficient (Wildman–Crippen LogP) is 1.25. The van der Waals surface area contributed by atoms with Gasteiger partial charge in [-0.3, -0.25) is 10.1 Å². The van der Waals surface area contributed by atoms with E-state index in [2.05, 4.69) is 5.32 Å². The van der Waals surface area contributed by atoms with Crippen molar-refractivity contribution < 1.29 is 10.0 Å². The molecular weight excluding hydrogens is 220 g/mol. The van der Waals surface area contributed by atoms with E-state index in [1.165, 1.54) is 12.1 Å². The van der Waals surface area contributed by atoms with E-state index in [4.69, 9.17) is 0 Å². The summed E-state index contributed by atoms with van der Waals surface area (Å²) in [7, 11) is 0. The predicted molar refractivity (Wildman–Crippen MR) is 63.8 cm³/mol. The standard InChI is InChI=1S/C12H16N2O3/c15-12(11-2-1-7-13-11)8-9-3-5-10(6-4-9)14(16)17/h3-6,11-13,15H,1-2,7-8H2/t11-,12?/m0/s1. The Kier molecular flexibility index (Phi) is 3.71. The highest BCUT2D eigenvalue weighted by molar-refractivity contribution is 5.33. The third-order valence-corrected chi connectivity index (χ3v) is 3.15. The summed E-state index contributed by atoms with van der Waals surface area (Å²) in [5.41, 5.74) is 1.01. The molecule has 0 aliphatic carbocycles. The van der Waals surface area contributed by atoms with Crippen molar-refractivity contribution in [1.82, 2.24) is 5.32 Å². The first-order valence-electron chi connectivity index (χ1n) is 5.81. The largest absolute Gasteiger partial charge is 0.391 e. The van der Waals surface area contributed by atoms with Crippen LogP contribution in [-0.4, -0.2) is 28.7 Å². The average molecular weight is 236 g/mol. The molecule has 92 valence electrons. The monoisotopic (exact) mass is 236 g/mol. The fourth-order valence-electron chi connectivity index (χ4n) is 2.18. The first-order valence-corrected chi connectivity index (χ1v) is 5.81. The second-order valence-electron chi connectivity index (χ2n) is 4.40. The molecule has 0 spiro atoms. The Labute approximate surface area is 99.6 Å². The lowest BCUT2D eigenvalue weighted by molar-refractivity contribution is -0.384. The molecule has 5 heteroatoms. The van der Waals surface area contributed by atoms with E-state index in [0.717, 1.165) is 24.9 Å². The van der Waals surface area contributed by atoms with Crippen LogP contribution in [-0.2, 0) is 6.42 Å². The molecule has 1 aromatic carbocycles. The van der Waals surface area contributed by atoms with Gasteiger partial charge in [-0.25, -0.2) is 0 Å². The number of nitro benzene ring substituents is 1.